The standard InChI is InChI=1S/C14H21ClN2O/c1-3-14(16,4-2)10-17-13(18)9-11-6-5-7-12(15)8-11/h5-8H,3-4,9-10,16H2,1-2H3,(H,17,18). The molecule has 0 bridgehead atoms. The lowest BCUT2D eigenvalue weighted by molar-refractivity contribution is -0.120. The van der Waals surface area contributed by atoms with Crippen molar-refractivity contribution in [2.75, 3.05) is 6.54 Å². The first-order valence-corrected chi connectivity index (χ1v) is 6.67. The van der Waals surface area contributed by atoms with Crippen molar-refractivity contribution in [3.8, 4) is 0 Å². The Bertz CT molecular complexity index is 403. The maximum atomic E-state index is 11.8. The summed E-state index contributed by atoms with van der Waals surface area (Å²) < 4.78 is 0. The summed E-state index contributed by atoms with van der Waals surface area (Å²) in [6.07, 6.45) is 2.03. The van der Waals surface area contributed by atoms with E-state index < -0.39 is 0 Å². The average molecular weight is 269 g/mol. The fourth-order valence-electron chi connectivity index (χ4n) is 1.67. The van der Waals surface area contributed by atoms with Crippen LogP contribution in [0, 0.1) is 0 Å². The number of nitrogens with one attached hydrogen (secondary N) is 1. The molecular weight excluding hydrogens is 248 g/mol. The van der Waals surface area contributed by atoms with Crippen LogP contribution >= 0.6 is 11.6 Å². The minimum atomic E-state index is -0.302. The zero-order valence-corrected chi connectivity index (χ0v) is 11.8. The highest BCUT2D eigenvalue weighted by Crippen LogP contribution is 2.12. The third-order valence-corrected chi connectivity index (χ3v) is 3.53. The summed E-state index contributed by atoms with van der Waals surface area (Å²) in [5, 5.41) is 3.53. The summed E-state index contributed by atoms with van der Waals surface area (Å²) in [5.74, 6) is -0.0195. The molecule has 0 heterocycles. The van der Waals surface area contributed by atoms with E-state index in [-0.39, 0.29) is 11.4 Å². The van der Waals surface area contributed by atoms with Gasteiger partial charge in [-0.2, -0.15) is 0 Å². The Balaban J connectivity index is 2.47. The van der Waals surface area contributed by atoms with E-state index in [9.17, 15) is 4.79 Å². The van der Waals surface area contributed by atoms with E-state index in [2.05, 4.69) is 5.32 Å². The van der Waals surface area contributed by atoms with E-state index in [1.54, 1.807) is 12.1 Å². The highest BCUT2D eigenvalue weighted by Gasteiger charge is 2.20. The van der Waals surface area contributed by atoms with E-state index in [0.717, 1.165) is 18.4 Å². The summed E-state index contributed by atoms with van der Waals surface area (Å²) in [6.45, 7) is 4.58. The zero-order valence-electron chi connectivity index (χ0n) is 11.0. The predicted molar refractivity (Wildman–Crippen MR) is 75.7 cm³/mol. The maximum absolute atomic E-state index is 11.8. The molecule has 18 heavy (non-hydrogen) atoms. The smallest absolute Gasteiger partial charge is 0.224 e. The third-order valence-electron chi connectivity index (χ3n) is 3.30. The number of amides is 1. The quantitative estimate of drug-likeness (QED) is 0.833. The number of hydrogen-bond acceptors (Lipinski definition) is 2. The van der Waals surface area contributed by atoms with Gasteiger partial charge in [0.05, 0.1) is 6.42 Å². The largest absolute Gasteiger partial charge is 0.354 e. The Kier molecular flexibility index (Phi) is 5.63. The lowest BCUT2D eigenvalue weighted by Gasteiger charge is -2.26. The molecule has 0 unspecified atom stereocenters. The number of benzene rings is 1. The normalized spacial score (nSPS) is 11.3. The Hall–Kier alpha value is -1.06. The molecule has 0 atom stereocenters. The van der Waals surface area contributed by atoms with Crippen LogP contribution in [-0.4, -0.2) is 18.0 Å². The van der Waals surface area contributed by atoms with Crippen LogP contribution in [-0.2, 0) is 11.2 Å². The molecular formula is C14H21ClN2O. The van der Waals surface area contributed by atoms with Gasteiger partial charge in [0.1, 0.15) is 0 Å². The van der Waals surface area contributed by atoms with Gasteiger partial charge in [0.2, 0.25) is 5.91 Å². The third kappa shape index (κ3) is 4.67. The van der Waals surface area contributed by atoms with Gasteiger partial charge in [0, 0.05) is 17.1 Å². The second kappa shape index (κ2) is 6.76. The molecule has 0 aliphatic heterocycles. The van der Waals surface area contributed by atoms with E-state index in [1.807, 2.05) is 26.0 Å². The number of nitrogens with two attached hydrogens (primary N) is 1. The monoisotopic (exact) mass is 268 g/mol. The van der Waals surface area contributed by atoms with E-state index in [0.29, 0.717) is 18.0 Å². The van der Waals surface area contributed by atoms with Crippen molar-refractivity contribution in [2.24, 2.45) is 5.73 Å². The molecule has 0 saturated heterocycles. The second-order valence-corrected chi connectivity index (χ2v) is 5.09. The van der Waals surface area contributed by atoms with Gasteiger partial charge in [-0.15, -0.1) is 0 Å². The average Bonchev–Trinajstić information content (AvgIpc) is 2.36. The molecule has 1 rings (SSSR count). The van der Waals surface area contributed by atoms with Gasteiger partial charge in [-0.25, -0.2) is 0 Å². The van der Waals surface area contributed by atoms with Crippen molar-refractivity contribution in [1.29, 1.82) is 0 Å². The van der Waals surface area contributed by atoms with Gasteiger partial charge in [0.15, 0.2) is 0 Å². The first kappa shape index (κ1) is 15.0. The van der Waals surface area contributed by atoms with Crippen molar-refractivity contribution in [3.63, 3.8) is 0 Å². The molecule has 0 spiro atoms. The molecule has 3 N–H and O–H groups in total. The van der Waals surface area contributed by atoms with E-state index in [4.69, 9.17) is 17.3 Å². The van der Waals surface area contributed by atoms with Gasteiger partial charge >= 0.3 is 0 Å². The van der Waals surface area contributed by atoms with E-state index in [1.165, 1.54) is 0 Å². The minimum Gasteiger partial charge on any atom is -0.354 e. The molecule has 1 aromatic rings. The summed E-state index contributed by atoms with van der Waals surface area (Å²) in [7, 11) is 0. The van der Waals surface area contributed by atoms with Crippen molar-refractivity contribution in [3.05, 3.63) is 34.9 Å². The first-order chi connectivity index (χ1) is 8.49. The number of hydrogen-bond donors (Lipinski definition) is 2. The Morgan fingerprint density at radius 3 is 2.61 bits per heavy atom. The Morgan fingerprint density at radius 1 is 1.39 bits per heavy atom. The SMILES string of the molecule is CCC(N)(CC)CNC(=O)Cc1cccc(Cl)c1. The molecule has 3 nitrogen and oxygen atoms in total. The lowest BCUT2D eigenvalue weighted by atomic mass is 9.94. The van der Waals surface area contributed by atoms with Gasteiger partial charge in [0.25, 0.3) is 0 Å². The molecule has 0 aromatic heterocycles. The van der Waals surface area contributed by atoms with Crippen molar-refractivity contribution < 1.29 is 4.79 Å². The second-order valence-electron chi connectivity index (χ2n) is 4.65. The van der Waals surface area contributed by atoms with Crippen LogP contribution in [0.3, 0.4) is 0 Å². The Labute approximate surface area is 114 Å². The number of rotatable bonds is 6. The van der Waals surface area contributed by atoms with Gasteiger partial charge in [-0.1, -0.05) is 37.6 Å². The van der Waals surface area contributed by atoms with Crippen LogP contribution in [0.5, 0.6) is 0 Å². The summed E-state index contributed by atoms with van der Waals surface area (Å²) in [5.41, 5.74) is 6.74. The van der Waals surface area contributed by atoms with Crippen LogP contribution in [0.15, 0.2) is 24.3 Å². The van der Waals surface area contributed by atoms with E-state index >= 15 is 0 Å². The molecule has 0 aliphatic carbocycles. The number of carbonyl (C=O) groups excluding carboxylic acids is 1. The molecule has 0 fully saturated rings. The minimum absolute atomic E-state index is 0.0195. The lowest BCUT2D eigenvalue weighted by Crippen LogP contribution is -2.49. The zero-order chi connectivity index (χ0) is 13.6. The fourth-order valence-corrected chi connectivity index (χ4v) is 1.88. The molecule has 4 heteroatoms. The fraction of sp³-hybridized carbons (Fsp3) is 0.500. The van der Waals surface area contributed by atoms with Crippen molar-refractivity contribution in [2.45, 2.75) is 38.6 Å². The van der Waals surface area contributed by atoms with Crippen LogP contribution < -0.4 is 11.1 Å². The van der Waals surface area contributed by atoms with Gasteiger partial charge in [-0.05, 0) is 30.5 Å². The highest BCUT2D eigenvalue weighted by atomic mass is 35.5. The van der Waals surface area contributed by atoms with Crippen LogP contribution in [0.25, 0.3) is 0 Å². The first-order valence-electron chi connectivity index (χ1n) is 6.29. The highest BCUT2D eigenvalue weighted by molar-refractivity contribution is 6.30. The van der Waals surface area contributed by atoms with Crippen molar-refractivity contribution in [1.82, 2.24) is 5.32 Å². The molecule has 0 aliphatic rings. The molecule has 100 valence electrons. The Morgan fingerprint density at radius 2 is 2.06 bits per heavy atom. The molecule has 0 radical (unpaired) electrons. The van der Waals surface area contributed by atoms with Crippen molar-refractivity contribution >= 4 is 17.5 Å². The van der Waals surface area contributed by atoms with Crippen LogP contribution in [0.4, 0.5) is 0 Å². The van der Waals surface area contributed by atoms with Gasteiger partial charge < -0.3 is 11.1 Å². The van der Waals surface area contributed by atoms with Gasteiger partial charge in [-0.3, -0.25) is 4.79 Å². The van der Waals surface area contributed by atoms with Crippen LogP contribution in [0.1, 0.15) is 32.3 Å². The topological polar surface area (TPSA) is 55.1 Å². The maximum Gasteiger partial charge on any atom is 0.224 e. The summed E-state index contributed by atoms with van der Waals surface area (Å²) in [4.78, 5) is 11.8. The predicted octanol–water partition coefficient (Wildman–Crippen LogP) is 2.52. The molecule has 0 saturated carbocycles. The number of carbonyl (C=O) groups is 1. The summed E-state index contributed by atoms with van der Waals surface area (Å²) in [6, 6.07) is 7.33. The number of halogens is 1. The summed E-state index contributed by atoms with van der Waals surface area (Å²) >= 11 is 5.87. The molecule has 1 aromatic carbocycles. The van der Waals surface area contributed by atoms with Crippen LogP contribution in [0.2, 0.25) is 5.02 Å². The molecule has 1 amide bonds.